The summed E-state index contributed by atoms with van der Waals surface area (Å²) in [5.74, 6) is 0. The Balaban J connectivity index is 1.91. The maximum absolute atomic E-state index is 12.8. The molecule has 1 aromatic carbocycles. The molecule has 1 aliphatic rings. The van der Waals surface area contributed by atoms with Gasteiger partial charge in [0, 0.05) is 19.6 Å². The van der Waals surface area contributed by atoms with Gasteiger partial charge in [0.05, 0.1) is 12.7 Å². The molecule has 1 aromatic heterocycles. The third-order valence-electron chi connectivity index (χ3n) is 3.76. The van der Waals surface area contributed by atoms with E-state index in [9.17, 15) is 8.42 Å². The molecule has 1 aliphatic heterocycles. The molecule has 0 amide bonds. The van der Waals surface area contributed by atoms with Gasteiger partial charge in [0.1, 0.15) is 6.33 Å². The van der Waals surface area contributed by atoms with Crippen molar-refractivity contribution in [1.82, 2.24) is 19.1 Å². The first-order valence-corrected chi connectivity index (χ1v) is 8.46. The van der Waals surface area contributed by atoms with Gasteiger partial charge in [0.2, 0.25) is 0 Å². The summed E-state index contributed by atoms with van der Waals surface area (Å²) in [4.78, 5) is 0. The molecule has 0 saturated carbocycles. The van der Waals surface area contributed by atoms with Gasteiger partial charge in [-0.05, 0) is 12.5 Å². The molecule has 1 saturated heterocycles. The van der Waals surface area contributed by atoms with E-state index in [4.69, 9.17) is 4.74 Å². The lowest BCUT2D eigenvalue weighted by Crippen LogP contribution is -2.48. The third-order valence-corrected chi connectivity index (χ3v) is 5.71. The Kier molecular flexibility index (Phi) is 3.98. The SMILES string of the molecule is CC1COC(c2ccccc2)CN1S(=O)(=O)c1nncn1C. The molecule has 22 heavy (non-hydrogen) atoms. The lowest BCUT2D eigenvalue weighted by Gasteiger charge is -2.36. The minimum atomic E-state index is -3.70. The second kappa shape index (κ2) is 5.79. The van der Waals surface area contributed by atoms with Crippen LogP contribution in [0.15, 0.2) is 41.8 Å². The van der Waals surface area contributed by atoms with Crippen molar-refractivity contribution < 1.29 is 13.2 Å². The maximum atomic E-state index is 12.8. The van der Waals surface area contributed by atoms with Crippen molar-refractivity contribution in [2.24, 2.45) is 7.05 Å². The van der Waals surface area contributed by atoms with Gasteiger partial charge in [-0.1, -0.05) is 30.3 Å². The van der Waals surface area contributed by atoms with Crippen LogP contribution in [0.2, 0.25) is 0 Å². The zero-order chi connectivity index (χ0) is 15.7. The van der Waals surface area contributed by atoms with Crippen LogP contribution in [-0.4, -0.2) is 46.7 Å². The van der Waals surface area contributed by atoms with Crippen molar-refractivity contribution in [3.05, 3.63) is 42.2 Å². The number of benzene rings is 1. The topological polar surface area (TPSA) is 77.3 Å². The van der Waals surface area contributed by atoms with Crippen LogP contribution in [-0.2, 0) is 21.8 Å². The first-order valence-electron chi connectivity index (χ1n) is 7.02. The van der Waals surface area contributed by atoms with Gasteiger partial charge in [-0.25, -0.2) is 8.42 Å². The van der Waals surface area contributed by atoms with Crippen LogP contribution in [0.25, 0.3) is 0 Å². The van der Waals surface area contributed by atoms with Gasteiger partial charge in [-0.2, -0.15) is 4.31 Å². The summed E-state index contributed by atoms with van der Waals surface area (Å²) in [6.45, 7) is 2.44. The Hall–Kier alpha value is -1.77. The van der Waals surface area contributed by atoms with Gasteiger partial charge >= 0.3 is 0 Å². The van der Waals surface area contributed by atoms with Gasteiger partial charge in [-0.15, -0.1) is 10.2 Å². The van der Waals surface area contributed by atoms with Crippen molar-refractivity contribution in [3.8, 4) is 0 Å². The van der Waals surface area contributed by atoms with Gasteiger partial charge < -0.3 is 9.30 Å². The monoisotopic (exact) mass is 322 g/mol. The average Bonchev–Trinajstić information content (AvgIpc) is 2.95. The molecule has 2 unspecified atom stereocenters. The van der Waals surface area contributed by atoms with E-state index < -0.39 is 10.0 Å². The number of morpholine rings is 1. The van der Waals surface area contributed by atoms with Gasteiger partial charge in [0.25, 0.3) is 15.2 Å². The van der Waals surface area contributed by atoms with E-state index in [1.54, 1.807) is 7.05 Å². The lowest BCUT2D eigenvalue weighted by atomic mass is 10.1. The number of rotatable bonds is 3. The number of aromatic nitrogens is 3. The number of aryl methyl sites for hydroxylation is 1. The smallest absolute Gasteiger partial charge is 0.279 e. The molecule has 0 aliphatic carbocycles. The van der Waals surface area contributed by atoms with Crippen molar-refractivity contribution >= 4 is 10.0 Å². The number of sulfonamides is 1. The Morgan fingerprint density at radius 3 is 2.64 bits per heavy atom. The van der Waals surface area contributed by atoms with Crippen LogP contribution in [0, 0.1) is 0 Å². The fourth-order valence-electron chi connectivity index (χ4n) is 2.55. The van der Waals surface area contributed by atoms with E-state index in [2.05, 4.69) is 10.2 Å². The summed E-state index contributed by atoms with van der Waals surface area (Å²) in [5, 5.41) is 7.35. The van der Waals surface area contributed by atoms with Crippen molar-refractivity contribution in [2.45, 2.75) is 24.2 Å². The van der Waals surface area contributed by atoms with Gasteiger partial charge in [0.15, 0.2) is 0 Å². The molecule has 1 fully saturated rings. The first kappa shape index (κ1) is 15.1. The van der Waals surface area contributed by atoms with E-state index in [0.29, 0.717) is 6.61 Å². The van der Waals surface area contributed by atoms with Crippen LogP contribution in [0.5, 0.6) is 0 Å². The summed E-state index contributed by atoms with van der Waals surface area (Å²) in [7, 11) is -2.08. The summed E-state index contributed by atoms with van der Waals surface area (Å²) in [6.07, 6.45) is 1.10. The molecule has 0 bridgehead atoms. The highest BCUT2D eigenvalue weighted by Gasteiger charge is 2.38. The fraction of sp³-hybridized carbons (Fsp3) is 0.429. The molecule has 118 valence electrons. The molecule has 0 radical (unpaired) electrons. The minimum Gasteiger partial charge on any atom is -0.370 e. The zero-order valence-electron chi connectivity index (χ0n) is 12.5. The second-order valence-corrected chi connectivity index (χ2v) is 7.17. The second-order valence-electron chi connectivity index (χ2n) is 5.38. The van der Waals surface area contributed by atoms with Gasteiger partial charge in [-0.3, -0.25) is 0 Å². The quantitative estimate of drug-likeness (QED) is 0.841. The Morgan fingerprint density at radius 2 is 2.00 bits per heavy atom. The van der Waals surface area contributed by atoms with E-state index in [1.165, 1.54) is 15.2 Å². The van der Waals surface area contributed by atoms with Crippen molar-refractivity contribution in [1.29, 1.82) is 0 Å². The zero-order valence-corrected chi connectivity index (χ0v) is 13.3. The highest BCUT2D eigenvalue weighted by Crippen LogP contribution is 2.28. The van der Waals surface area contributed by atoms with E-state index in [-0.39, 0.29) is 23.8 Å². The van der Waals surface area contributed by atoms with E-state index >= 15 is 0 Å². The lowest BCUT2D eigenvalue weighted by molar-refractivity contribution is -0.0290. The third kappa shape index (κ3) is 2.65. The molecule has 8 heteroatoms. The predicted octanol–water partition coefficient (Wildman–Crippen LogP) is 0.966. The predicted molar refractivity (Wildman–Crippen MR) is 79.5 cm³/mol. The van der Waals surface area contributed by atoms with E-state index in [1.807, 2.05) is 37.3 Å². The standard InChI is InChI=1S/C14H18N4O3S/c1-11-9-21-13(12-6-4-3-5-7-12)8-18(11)22(19,20)14-16-15-10-17(14)2/h3-7,10-11,13H,8-9H2,1-2H3. The summed E-state index contributed by atoms with van der Waals surface area (Å²) in [6, 6.07) is 9.38. The maximum Gasteiger partial charge on any atom is 0.279 e. The van der Waals surface area contributed by atoms with Crippen molar-refractivity contribution in [2.75, 3.05) is 13.2 Å². The summed E-state index contributed by atoms with van der Waals surface area (Å²) < 4.78 is 34.3. The van der Waals surface area contributed by atoms with Crippen LogP contribution < -0.4 is 0 Å². The molecule has 3 rings (SSSR count). The molecule has 2 heterocycles. The largest absolute Gasteiger partial charge is 0.370 e. The highest BCUT2D eigenvalue weighted by molar-refractivity contribution is 7.89. The van der Waals surface area contributed by atoms with Crippen LogP contribution in [0.1, 0.15) is 18.6 Å². The van der Waals surface area contributed by atoms with Crippen molar-refractivity contribution in [3.63, 3.8) is 0 Å². The number of hydrogen-bond donors (Lipinski definition) is 0. The number of hydrogen-bond acceptors (Lipinski definition) is 5. The van der Waals surface area contributed by atoms with Crippen LogP contribution in [0.4, 0.5) is 0 Å². The Morgan fingerprint density at radius 1 is 1.27 bits per heavy atom. The number of nitrogens with zero attached hydrogens (tertiary/aromatic N) is 4. The molecule has 7 nitrogen and oxygen atoms in total. The first-order chi connectivity index (χ1) is 10.5. The molecule has 2 aromatic rings. The minimum absolute atomic E-state index is 0.0481. The number of ether oxygens (including phenoxy) is 1. The molecular formula is C14H18N4O3S. The highest BCUT2D eigenvalue weighted by atomic mass is 32.2. The summed E-state index contributed by atoms with van der Waals surface area (Å²) >= 11 is 0. The van der Waals surface area contributed by atoms with E-state index in [0.717, 1.165) is 5.56 Å². The summed E-state index contributed by atoms with van der Waals surface area (Å²) in [5.41, 5.74) is 0.965. The molecule has 2 atom stereocenters. The molecule has 0 spiro atoms. The average molecular weight is 322 g/mol. The fourth-order valence-corrected chi connectivity index (χ4v) is 4.19. The molecule has 0 N–H and O–H groups in total. The normalized spacial score (nSPS) is 23.5. The van der Waals surface area contributed by atoms with Crippen LogP contribution >= 0.6 is 0 Å². The Bertz CT molecular complexity index is 744. The van der Waals surface area contributed by atoms with Crippen LogP contribution in [0.3, 0.4) is 0 Å². The Labute approximate surface area is 129 Å². The molecular weight excluding hydrogens is 304 g/mol.